The number of rotatable bonds is 7. The quantitative estimate of drug-likeness (QED) is 0.533. The number of benzene rings is 1. The Bertz CT molecular complexity index is 920. The second-order valence-corrected chi connectivity index (χ2v) is 8.16. The predicted octanol–water partition coefficient (Wildman–Crippen LogP) is 4.78. The SMILES string of the molecule is O=C(CN(Cc1ccco1)C(=O)/C=C/c1ccc(Br)s1)Nc1ccccc1. The predicted molar refractivity (Wildman–Crippen MR) is 110 cm³/mol. The molecule has 138 valence electrons. The zero-order chi connectivity index (χ0) is 19.1. The maximum absolute atomic E-state index is 12.6. The van der Waals surface area contributed by atoms with Crippen molar-refractivity contribution in [1.29, 1.82) is 0 Å². The minimum atomic E-state index is -0.270. The van der Waals surface area contributed by atoms with E-state index in [9.17, 15) is 9.59 Å². The molecule has 2 heterocycles. The number of nitrogens with one attached hydrogen (secondary N) is 1. The molecule has 2 aromatic heterocycles. The molecule has 3 rings (SSSR count). The zero-order valence-electron chi connectivity index (χ0n) is 14.3. The largest absolute Gasteiger partial charge is 0.467 e. The molecule has 3 aromatic rings. The number of carbonyl (C=O) groups is 2. The molecule has 0 aliphatic heterocycles. The monoisotopic (exact) mass is 444 g/mol. The molecule has 0 aliphatic carbocycles. The van der Waals surface area contributed by atoms with Crippen LogP contribution in [0.3, 0.4) is 0 Å². The van der Waals surface area contributed by atoms with Gasteiger partial charge in [-0.2, -0.15) is 0 Å². The van der Waals surface area contributed by atoms with Crippen molar-refractivity contribution in [2.75, 3.05) is 11.9 Å². The van der Waals surface area contributed by atoms with Gasteiger partial charge in [0.1, 0.15) is 12.3 Å². The number of hydrogen-bond acceptors (Lipinski definition) is 4. The Balaban J connectivity index is 1.68. The van der Waals surface area contributed by atoms with Gasteiger partial charge in [0, 0.05) is 16.6 Å². The molecule has 0 radical (unpaired) electrons. The lowest BCUT2D eigenvalue weighted by Gasteiger charge is -2.19. The molecular formula is C20H17BrN2O3S. The van der Waals surface area contributed by atoms with E-state index in [1.165, 1.54) is 22.3 Å². The van der Waals surface area contributed by atoms with Crippen LogP contribution in [-0.2, 0) is 16.1 Å². The van der Waals surface area contributed by atoms with Crippen LogP contribution in [0.1, 0.15) is 10.6 Å². The van der Waals surface area contributed by atoms with E-state index in [4.69, 9.17) is 4.42 Å². The van der Waals surface area contributed by atoms with E-state index >= 15 is 0 Å². The first kappa shape index (κ1) is 19.1. The van der Waals surface area contributed by atoms with Crippen LogP contribution in [0.2, 0.25) is 0 Å². The van der Waals surface area contributed by atoms with Gasteiger partial charge in [0.15, 0.2) is 0 Å². The summed E-state index contributed by atoms with van der Waals surface area (Å²) < 4.78 is 6.32. The van der Waals surface area contributed by atoms with Crippen LogP contribution >= 0.6 is 27.3 Å². The molecule has 0 fully saturated rings. The number of halogens is 1. The molecule has 0 unspecified atom stereocenters. The Hall–Kier alpha value is -2.64. The van der Waals surface area contributed by atoms with E-state index in [1.54, 1.807) is 36.6 Å². The lowest BCUT2D eigenvalue weighted by Crippen LogP contribution is -2.36. The van der Waals surface area contributed by atoms with E-state index in [2.05, 4.69) is 21.2 Å². The number of para-hydroxylation sites is 1. The first-order valence-electron chi connectivity index (χ1n) is 8.20. The third-order valence-corrected chi connectivity index (χ3v) is 5.20. The summed E-state index contributed by atoms with van der Waals surface area (Å²) in [6.45, 7) is 0.138. The molecule has 2 amide bonds. The molecule has 1 N–H and O–H groups in total. The van der Waals surface area contributed by atoms with Crippen molar-refractivity contribution in [3.63, 3.8) is 0 Å². The van der Waals surface area contributed by atoms with Gasteiger partial charge in [0.25, 0.3) is 0 Å². The Morgan fingerprint density at radius 1 is 1.11 bits per heavy atom. The topological polar surface area (TPSA) is 62.6 Å². The summed E-state index contributed by atoms with van der Waals surface area (Å²) in [5.41, 5.74) is 0.687. The number of thiophene rings is 1. The van der Waals surface area contributed by atoms with Crippen LogP contribution in [-0.4, -0.2) is 23.3 Å². The number of amides is 2. The average molecular weight is 445 g/mol. The van der Waals surface area contributed by atoms with Crippen LogP contribution in [0.25, 0.3) is 6.08 Å². The fraction of sp³-hybridized carbons (Fsp3) is 0.100. The molecule has 0 aliphatic rings. The van der Waals surface area contributed by atoms with Gasteiger partial charge in [-0.05, 0) is 58.4 Å². The van der Waals surface area contributed by atoms with Crippen molar-refractivity contribution in [3.8, 4) is 0 Å². The molecule has 5 nitrogen and oxygen atoms in total. The summed E-state index contributed by atoms with van der Waals surface area (Å²) in [7, 11) is 0. The molecule has 1 aromatic carbocycles. The zero-order valence-corrected chi connectivity index (χ0v) is 16.7. The lowest BCUT2D eigenvalue weighted by molar-refractivity contribution is -0.131. The van der Waals surface area contributed by atoms with Gasteiger partial charge in [0.05, 0.1) is 16.6 Å². The Kier molecular flexibility index (Phi) is 6.62. The van der Waals surface area contributed by atoms with Gasteiger partial charge in [-0.3, -0.25) is 9.59 Å². The molecule has 0 bridgehead atoms. The molecule has 7 heteroatoms. The maximum Gasteiger partial charge on any atom is 0.247 e. The van der Waals surface area contributed by atoms with Crippen molar-refractivity contribution in [1.82, 2.24) is 4.90 Å². The summed E-state index contributed by atoms with van der Waals surface area (Å²) >= 11 is 4.92. The van der Waals surface area contributed by atoms with E-state index in [-0.39, 0.29) is 24.9 Å². The molecular weight excluding hydrogens is 428 g/mol. The minimum Gasteiger partial charge on any atom is -0.467 e. The number of nitrogens with zero attached hydrogens (tertiary/aromatic N) is 1. The molecule has 0 spiro atoms. The summed E-state index contributed by atoms with van der Waals surface area (Å²) in [4.78, 5) is 27.4. The Labute approximate surface area is 169 Å². The molecule has 0 saturated heterocycles. The minimum absolute atomic E-state index is 0.0765. The summed E-state index contributed by atoms with van der Waals surface area (Å²) in [6, 6.07) is 16.5. The number of furan rings is 1. The Morgan fingerprint density at radius 2 is 1.93 bits per heavy atom. The molecule has 0 saturated carbocycles. The summed E-state index contributed by atoms with van der Waals surface area (Å²) in [6.07, 6.45) is 4.75. The van der Waals surface area contributed by atoms with Crippen LogP contribution in [0, 0.1) is 0 Å². The highest BCUT2D eigenvalue weighted by Gasteiger charge is 2.17. The number of hydrogen-bond donors (Lipinski definition) is 1. The van der Waals surface area contributed by atoms with E-state index < -0.39 is 0 Å². The number of anilines is 1. The second-order valence-electron chi connectivity index (χ2n) is 5.66. The van der Waals surface area contributed by atoms with Crippen molar-refractivity contribution in [3.05, 3.63) is 81.4 Å². The van der Waals surface area contributed by atoms with Crippen molar-refractivity contribution in [2.45, 2.75) is 6.54 Å². The van der Waals surface area contributed by atoms with E-state index in [0.717, 1.165) is 8.66 Å². The fourth-order valence-corrected chi connectivity index (χ4v) is 3.70. The van der Waals surface area contributed by atoms with Crippen molar-refractivity contribution >= 4 is 50.8 Å². The van der Waals surface area contributed by atoms with Gasteiger partial charge < -0.3 is 14.6 Å². The van der Waals surface area contributed by atoms with Gasteiger partial charge >= 0.3 is 0 Å². The van der Waals surface area contributed by atoms with E-state index in [0.29, 0.717) is 11.4 Å². The average Bonchev–Trinajstić information content (AvgIpc) is 3.31. The van der Waals surface area contributed by atoms with Crippen LogP contribution in [0.4, 0.5) is 5.69 Å². The third-order valence-electron chi connectivity index (χ3n) is 3.61. The molecule has 27 heavy (non-hydrogen) atoms. The van der Waals surface area contributed by atoms with Gasteiger partial charge in [-0.25, -0.2) is 0 Å². The van der Waals surface area contributed by atoms with Crippen LogP contribution in [0.5, 0.6) is 0 Å². The van der Waals surface area contributed by atoms with Gasteiger partial charge in [0.2, 0.25) is 11.8 Å². The van der Waals surface area contributed by atoms with Crippen LogP contribution in [0.15, 0.2) is 75.1 Å². The normalized spacial score (nSPS) is 10.9. The highest BCUT2D eigenvalue weighted by Crippen LogP contribution is 2.23. The first-order valence-corrected chi connectivity index (χ1v) is 9.81. The van der Waals surface area contributed by atoms with E-state index in [1.807, 2.05) is 30.3 Å². The highest BCUT2D eigenvalue weighted by atomic mass is 79.9. The first-order chi connectivity index (χ1) is 13.1. The second kappa shape index (κ2) is 9.34. The lowest BCUT2D eigenvalue weighted by atomic mass is 10.3. The van der Waals surface area contributed by atoms with Gasteiger partial charge in [-0.15, -0.1) is 11.3 Å². The summed E-state index contributed by atoms with van der Waals surface area (Å²) in [5.74, 6) is 0.0793. The molecule has 0 atom stereocenters. The standard InChI is InChI=1S/C20H17BrN2O3S/c21-18-10-8-17(27-18)9-11-20(25)23(13-16-7-4-12-26-16)14-19(24)22-15-5-2-1-3-6-15/h1-12H,13-14H2,(H,22,24)/b11-9+. The van der Waals surface area contributed by atoms with Gasteiger partial charge in [-0.1, -0.05) is 18.2 Å². The highest BCUT2D eigenvalue weighted by molar-refractivity contribution is 9.11. The number of carbonyl (C=O) groups excluding carboxylic acids is 2. The Morgan fingerprint density at radius 3 is 2.59 bits per heavy atom. The van der Waals surface area contributed by atoms with Crippen molar-refractivity contribution in [2.24, 2.45) is 0 Å². The maximum atomic E-state index is 12.6. The van der Waals surface area contributed by atoms with Crippen LogP contribution < -0.4 is 5.32 Å². The van der Waals surface area contributed by atoms with Crippen molar-refractivity contribution < 1.29 is 14.0 Å². The third kappa shape index (κ3) is 5.94. The fourth-order valence-electron chi connectivity index (χ4n) is 2.37. The summed E-state index contributed by atoms with van der Waals surface area (Å²) in [5, 5.41) is 2.79. The smallest absolute Gasteiger partial charge is 0.247 e.